The zero-order chi connectivity index (χ0) is 23.7. The molecule has 1 amide bonds. The van der Waals surface area contributed by atoms with Crippen molar-refractivity contribution in [2.45, 2.75) is 6.54 Å². The van der Waals surface area contributed by atoms with Gasteiger partial charge in [-0.15, -0.1) is 0 Å². The van der Waals surface area contributed by atoms with Crippen LogP contribution in [0.1, 0.15) is 15.9 Å². The van der Waals surface area contributed by atoms with E-state index in [4.69, 9.17) is 10.7 Å². The number of carbonyl (C=O) groups is 1. The molecule has 4 rings (SSSR count). The molecule has 0 radical (unpaired) electrons. The molecule has 0 unspecified atom stereocenters. The fourth-order valence-electron chi connectivity index (χ4n) is 3.85. The Morgan fingerprint density at radius 1 is 1.18 bits per heavy atom. The molecule has 2 aromatic heterocycles. The lowest BCUT2D eigenvalue weighted by Gasteiger charge is -2.18. The smallest absolute Gasteiger partial charge is 0.423 e. The van der Waals surface area contributed by atoms with Crippen molar-refractivity contribution >= 4 is 40.8 Å². The summed E-state index contributed by atoms with van der Waals surface area (Å²) < 4.78 is 1.89. The van der Waals surface area contributed by atoms with Crippen LogP contribution in [0, 0.1) is 0 Å². The van der Waals surface area contributed by atoms with Gasteiger partial charge in [-0.05, 0) is 17.1 Å². The summed E-state index contributed by atoms with van der Waals surface area (Å²) in [6, 6.07) is 12.5. The highest BCUT2D eigenvalue weighted by molar-refractivity contribution is 6.58. The molecule has 0 aliphatic heterocycles. The monoisotopic (exact) mass is 444 g/mol. The third kappa shape index (κ3) is 4.39. The van der Waals surface area contributed by atoms with E-state index < -0.39 is 13.0 Å². The van der Waals surface area contributed by atoms with Crippen molar-refractivity contribution in [1.29, 1.82) is 0 Å². The Kier molecular flexibility index (Phi) is 6.04. The first-order valence-electron chi connectivity index (χ1n) is 10.4. The van der Waals surface area contributed by atoms with Gasteiger partial charge >= 0.3 is 7.12 Å². The van der Waals surface area contributed by atoms with Crippen LogP contribution in [0.25, 0.3) is 22.3 Å². The molecule has 0 aliphatic carbocycles. The Morgan fingerprint density at radius 2 is 1.94 bits per heavy atom. The second-order valence-electron chi connectivity index (χ2n) is 8.01. The molecule has 5 N–H and O–H groups in total. The predicted molar refractivity (Wildman–Crippen MR) is 130 cm³/mol. The first-order chi connectivity index (χ1) is 15.8. The molecule has 0 saturated carbocycles. The van der Waals surface area contributed by atoms with Crippen LogP contribution in [0.3, 0.4) is 0 Å². The average molecular weight is 444 g/mol. The van der Waals surface area contributed by atoms with Crippen molar-refractivity contribution in [1.82, 2.24) is 14.5 Å². The summed E-state index contributed by atoms with van der Waals surface area (Å²) >= 11 is 0. The summed E-state index contributed by atoms with van der Waals surface area (Å²) in [6.45, 7) is 0.428. The van der Waals surface area contributed by atoms with Crippen LogP contribution in [0.2, 0.25) is 0 Å². The lowest BCUT2D eigenvalue weighted by atomic mass is 9.80. The van der Waals surface area contributed by atoms with Crippen molar-refractivity contribution in [2.75, 3.05) is 24.3 Å². The fraction of sp³-hybridized carbons (Fsp3) is 0.174. The number of anilines is 2. The van der Waals surface area contributed by atoms with E-state index in [0.717, 1.165) is 27.7 Å². The number of hydrogen-bond acceptors (Lipinski definition) is 7. The molecule has 0 atom stereocenters. The second-order valence-corrected chi connectivity index (χ2v) is 8.01. The number of nitrogens with two attached hydrogens (primary N) is 1. The van der Waals surface area contributed by atoms with Crippen molar-refractivity contribution in [3.8, 4) is 11.5 Å². The minimum Gasteiger partial charge on any atom is -0.423 e. The Hall–Kier alpha value is -3.89. The molecule has 0 fully saturated rings. The second kappa shape index (κ2) is 8.93. The number of nitrogens with zero attached hydrogens (tertiary/aromatic N) is 4. The molecule has 2 aromatic carbocycles. The summed E-state index contributed by atoms with van der Waals surface area (Å²) in [5, 5.41) is 23.8. The Balaban J connectivity index is 1.74. The SMILES string of the molecule is CN(C)c1cnc(-c2c3cccc(C(N)=O)c3cn2C)nc1NCc1cccc(B(O)O)c1. The summed E-state index contributed by atoms with van der Waals surface area (Å²) in [5.41, 5.74) is 8.87. The number of aromatic nitrogens is 3. The van der Waals surface area contributed by atoms with Gasteiger partial charge in [0, 0.05) is 50.2 Å². The minimum atomic E-state index is -1.52. The van der Waals surface area contributed by atoms with Crippen LogP contribution in [0.4, 0.5) is 11.5 Å². The maximum Gasteiger partial charge on any atom is 0.488 e. The molecule has 0 bridgehead atoms. The lowest BCUT2D eigenvalue weighted by molar-refractivity contribution is 0.100. The van der Waals surface area contributed by atoms with E-state index in [2.05, 4.69) is 10.3 Å². The van der Waals surface area contributed by atoms with E-state index in [-0.39, 0.29) is 0 Å². The van der Waals surface area contributed by atoms with Crippen LogP contribution >= 0.6 is 0 Å². The average Bonchev–Trinajstić information content (AvgIpc) is 3.13. The van der Waals surface area contributed by atoms with Crippen LogP contribution in [0.15, 0.2) is 54.9 Å². The van der Waals surface area contributed by atoms with Gasteiger partial charge in [-0.2, -0.15) is 0 Å². The maximum atomic E-state index is 11.9. The van der Waals surface area contributed by atoms with E-state index in [1.165, 1.54) is 0 Å². The molecule has 0 aliphatic rings. The Bertz CT molecular complexity index is 1340. The quantitative estimate of drug-likeness (QED) is 0.314. The van der Waals surface area contributed by atoms with Gasteiger partial charge in [-0.25, -0.2) is 9.97 Å². The highest BCUT2D eigenvalue weighted by Crippen LogP contribution is 2.32. The third-order valence-corrected chi connectivity index (χ3v) is 5.47. The van der Waals surface area contributed by atoms with Crippen molar-refractivity contribution < 1.29 is 14.8 Å². The van der Waals surface area contributed by atoms with Crippen LogP contribution in [-0.2, 0) is 13.6 Å². The Morgan fingerprint density at radius 3 is 2.64 bits per heavy atom. The number of fused-ring (bicyclic) bond motifs is 1. The zero-order valence-corrected chi connectivity index (χ0v) is 18.6. The van der Waals surface area contributed by atoms with Crippen molar-refractivity contribution in [3.05, 3.63) is 66.0 Å². The van der Waals surface area contributed by atoms with E-state index in [1.807, 2.05) is 48.9 Å². The van der Waals surface area contributed by atoms with Crippen molar-refractivity contribution in [2.24, 2.45) is 12.8 Å². The summed E-state index contributed by atoms with van der Waals surface area (Å²) in [6.07, 6.45) is 3.60. The molecular formula is C23H25BN6O3. The highest BCUT2D eigenvalue weighted by Gasteiger charge is 2.18. The maximum absolute atomic E-state index is 11.9. The number of carbonyl (C=O) groups excluding carboxylic acids is 1. The number of amides is 1. The molecule has 2 heterocycles. The summed E-state index contributed by atoms with van der Waals surface area (Å²) in [5.74, 6) is 0.640. The first kappa shape index (κ1) is 22.3. The summed E-state index contributed by atoms with van der Waals surface area (Å²) in [7, 11) is 4.17. The third-order valence-electron chi connectivity index (χ3n) is 5.47. The summed E-state index contributed by atoms with van der Waals surface area (Å²) in [4.78, 5) is 23.2. The van der Waals surface area contributed by atoms with Crippen LogP contribution in [0.5, 0.6) is 0 Å². The van der Waals surface area contributed by atoms with Crippen LogP contribution in [-0.4, -0.2) is 51.7 Å². The van der Waals surface area contributed by atoms with Gasteiger partial charge in [0.15, 0.2) is 11.6 Å². The predicted octanol–water partition coefficient (Wildman–Crippen LogP) is 1.09. The van der Waals surface area contributed by atoms with E-state index >= 15 is 0 Å². The number of nitrogens with one attached hydrogen (secondary N) is 1. The van der Waals surface area contributed by atoms with Crippen molar-refractivity contribution in [3.63, 3.8) is 0 Å². The molecule has 0 spiro atoms. The van der Waals surface area contributed by atoms with E-state index in [1.54, 1.807) is 36.5 Å². The molecular weight excluding hydrogens is 419 g/mol. The topological polar surface area (TPSA) is 130 Å². The zero-order valence-electron chi connectivity index (χ0n) is 18.6. The van der Waals surface area contributed by atoms with Gasteiger partial charge < -0.3 is 30.6 Å². The molecule has 4 aromatic rings. The largest absolute Gasteiger partial charge is 0.488 e. The van der Waals surface area contributed by atoms with Gasteiger partial charge in [0.1, 0.15) is 0 Å². The molecule has 33 heavy (non-hydrogen) atoms. The van der Waals surface area contributed by atoms with E-state index in [9.17, 15) is 14.8 Å². The lowest BCUT2D eigenvalue weighted by Crippen LogP contribution is -2.30. The standard InChI is InChI=1S/C23H25BN6O3/c1-29(2)19-12-27-23(20-16-8-5-9-17(21(25)31)18(16)13-30(20)3)28-22(19)26-11-14-6-4-7-15(10-14)24(32)33/h4-10,12-13,32-33H,11H2,1-3H3,(H2,25,31)(H,26,27,28). The first-order valence-corrected chi connectivity index (χ1v) is 10.4. The van der Waals surface area contributed by atoms with Gasteiger partial charge in [0.25, 0.3) is 0 Å². The van der Waals surface area contributed by atoms with Gasteiger partial charge in [0.05, 0.1) is 17.6 Å². The number of hydrogen-bond donors (Lipinski definition) is 4. The molecule has 168 valence electrons. The van der Waals surface area contributed by atoms with Gasteiger partial charge in [0.2, 0.25) is 5.91 Å². The number of benzene rings is 2. The van der Waals surface area contributed by atoms with Gasteiger partial charge in [-0.3, -0.25) is 4.79 Å². The fourth-order valence-corrected chi connectivity index (χ4v) is 3.85. The molecule has 10 heteroatoms. The number of primary amides is 1. The normalized spacial score (nSPS) is 10.9. The Labute approximate surface area is 191 Å². The minimum absolute atomic E-state index is 0.422. The highest BCUT2D eigenvalue weighted by atomic mass is 16.4. The molecule has 0 saturated heterocycles. The molecule has 9 nitrogen and oxygen atoms in total. The van der Waals surface area contributed by atoms with Crippen LogP contribution < -0.4 is 21.4 Å². The van der Waals surface area contributed by atoms with Gasteiger partial charge in [-0.1, -0.05) is 36.4 Å². The number of rotatable bonds is 7. The number of aryl methyl sites for hydroxylation is 1. The van der Waals surface area contributed by atoms with E-state index in [0.29, 0.717) is 29.2 Å².